The van der Waals surface area contributed by atoms with Crippen LogP contribution in [0.25, 0.3) is 6.08 Å². The molecule has 3 atom stereocenters. The quantitative estimate of drug-likeness (QED) is 0.303. The van der Waals surface area contributed by atoms with E-state index in [1.165, 1.54) is 14.2 Å². The molecule has 1 saturated heterocycles. The lowest BCUT2D eigenvalue weighted by molar-refractivity contribution is -0.154. The van der Waals surface area contributed by atoms with Crippen LogP contribution >= 0.6 is 0 Å². The number of hydrogen-bond donors (Lipinski definition) is 0. The summed E-state index contributed by atoms with van der Waals surface area (Å²) in [5.74, 6) is 0.0121. The van der Waals surface area contributed by atoms with Crippen molar-refractivity contribution in [1.29, 1.82) is 0 Å². The summed E-state index contributed by atoms with van der Waals surface area (Å²) in [7, 11) is 4.60. The average molecular weight is 583 g/mol. The molecule has 0 saturated carbocycles. The number of Topliss-reactive ketones (excluding diaryl/α,β-unsaturated/α-hetero) is 1. The molecule has 2 aliphatic rings. The predicted octanol–water partition coefficient (Wildman–Crippen LogP) is 5.23. The van der Waals surface area contributed by atoms with Crippen LogP contribution in [-0.4, -0.2) is 64.0 Å². The van der Waals surface area contributed by atoms with Gasteiger partial charge in [0.1, 0.15) is 41.3 Å². The van der Waals surface area contributed by atoms with E-state index in [9.17, 15) is 9.59 Å². The van der Waals surface area contributed by atoms with E-state index in [0.717, 1.165) is 11.3 Å². The second kappa shape index (κ2) is 13.9. The Bertz CT molecular complexity index is 1310. The molecule has 2 aliphatic heterocycles. The second-order valence-electron chi connectivity index (χ2n) is 10.3. The van der Waals surface area contributed by atoms with Gasteiger partial charge in [-0.1, -0.05) is 24.3 Å². The number of allylic oxidation sites excluding steroid dienone is 1. The third-order valence-electron chi connectivity index (χ3n) is 6.80. The van der Waals surface area contributed by atoms with Crippen LogP contribution in [-0.2, 0) is 35.1 Å². The van der Waals surface area contributed by atoms with E-state index in [0.29, 0.717) is 23.5 Å². The molecule has 1 fully saturated rings. The van der Waals surface area contributed by atoms with E-state index in [4.69, 9.17) is 37.9 Å². The van der Waals surface area contributed by atoms with Crippen LogP contribution in [0.3, 0.4) is 0 Å². The van der Waals surface area contributed by atoms with E-state index in [1.807, 2.05) is 30.3 Å². The van der Waals surface area contributed by atoms with Gasteiger partial charge in [-0.25, -0.2) is 4.79 Å². The Hall–Kier alpha value is -3.86. The van der Waals surface area contributed by atoms with Gasteiger partial charge in [-0.05, 0) is 62.6 Å². The smallest absolute Gasteiger partial charge is 0.343 e. The van der Waals surface area contributed by atoms with Gasteiger partial charge in [0.25, 0.3) is 0 Å². The highest BCUT2D eigenvalue weighted by molar-refractivity contribution is 5.97. The number of carbonyl (C=O) groups excluding carboxylic acids is 2. The molecule has 2 aromatic rings. The molecular formula is C32H38O10. The van der Waals surface area contributed by atoms with Crippen molar-refractivity contribution in [1.82, 2.24) is 0 Å². The lowest BCUT2D eigenvalue weighted by Gasteiger charge is -2.21. The lowest BCUT2D eigenvalue weighted by atomic mass is 10.0. The van der Waals surface area contributed by atoms with Crippen LogP contribution in [0, 0.1) is 0 Å². The highest BCUT2D eigenvalue weighted by Gasteiger charge is 2.44. The molecule has 0 aliphatic carbocycles. The third kappa shape index (κ3) is 7.70. The van der Waals surface area contributed by atoms with Crippen molar-refractivity contribution >= 4 is 17.8 Å². The monoisotopic (exact) mass is 582 g/mol. The van der Waals surface area contributed by atoms with Crippen LogP contribution in [0.15, 0.2) is 54.3 Å². The first-order chi connectivity index (χ1) is 20.1. The fraction of sp³-hybridized carbons (Fsp3) is 0.438. The Morgan fingerprint density at radius 1 is 0.952 bits per heavy atom. The number of ether oxygens (including phenoxy) is 8. The Labute approximate surface area is 246 Å². The molecule has 226 valence electrons. The summed E-state index contributed by atoms with van der Waals surface area (Å²) in [5.41, 5.74) is 1.56. The number of fused-ring (bicyclic) bond motifs is 2. The van der Waals surface area contributed by atoms with Crippen molar-refractivity contribution in [2.45, 2.75) is 64.3 Å². The molecule has 0 spiro atoms. The normalized spacial score (nSPS) is 22.2. The molecule has 42 heavy (non-hydrogen) atoms. The van der Waals surface area contributed by atoms with Gasteiger partial charge in [0, 0.05) is 19.6 Å². The molecular weight excluding hydrogens is 544 g/mol. The molecule has 2 aromatic carbocycles. The van der Waals surface area contributed by atoms with E-state index >= 15 is 0 Å². The molecule has 0 radical (unpaired) electrons. The maximum Gasteiger partial charge on any atom is 0.343 e. The molecule has 4 rings (SSSR count). The Morgan fingerprint density at radius 3 is 2.38 bits per heavy atom. The maximum absolute atomic E-state index is 13.7. The van der Waals surface area contributed by atoms with E-state index in [-0.39, 0.29) is 36.9 Å². The predicted molar refractivity (Wildman–Crippen MR) is 153 cm³/mol. The standard InChI is InChI=1S/C32H38O10/c1-20-26(38-18-21-10-12-23(36-5)13-11-21)15-14-25(33)30-27(41-32(2,3)42-30)9-7-8-22-16-24(37-6)17-28(39-19-35-4)29(22)31(34)40-20/h7-8,10-13,15-17,20,27,30H,9,14,18-19H2,1-6H3/t20-,27-,30+/m0/s1. The van der Waals surface area contributed by atoms with Crippen molar-refractivity contribution in [2.75, 3.05) is 28.1 Å². The largest absolute Gasteiger partial charge is 0.497 e. The molecule has 10 nitrogen and oxygen atoms in total. The highest BCUT2D eigenvalue weighted by Crippen LogP contribution is 2.34. The van der Waals surface area contributed by atoms with Crippen molar-refractivity contribution in [3.05, 3.63) is 71.0 Å². The Kier molecular flexibility index (Phi) is 10.3. The number of hydrogen-bond acceptors (Lipinski definition) is 10. The summed E-state index contributed by atoms with van der Waals surface area (Å²) in [4.78, 5) is 27.0. The van der Waals surface area contributed by atoms with Gasteiger partial charge in [0.15, 0.2) is 24.5 Å². The molecule has 2 heterocycles. The summed E-state index contributed by atoms with van der Waals surface area (Å²) in [6, 6.07) is 10.7. The van der Waals surface area contributed by atoms with Gasteiger partial charge in [-0.2, -0.15) is 0 Å². The number of esters is 1. The molecule has 0 aromatic heterocycles. The van der Waals surface area contributed by atoms with Gasteiger partial charge in [0.05, 0.1) is 20.3 Å². The second-order valence-corrected chi connectivity index (χ2v) is 10.3. The van der Waals surface area contributed by atoms with Gasteiger partial charge < -0.3 is 37.9 Å². The van der Waals surface area contributed by atoms with Gasteiger partial charge in [0.2, 0.25) is 0 Å². The number of methoxy groups -OCH3 is 3. The van der Waals surface area contributed by atoms with Crippen molar-refractivity contribution in [3.8, 4) is 17.2 Å². The van der Waals surface area contributed by atoms with Crippen LogP contribution in [0.4, 0.5) is 0 Å². The Balaban J connectivity index is 1.72. The fourth-order valence-corrected chi connectivity index (χ4v) is 4.75. The number of carbonyl (C=O) groups is 2. The lowest BCUT2D eigenvalue weighted by Crippen LogP contribution is -2.31. The first kappa shape index (κ1) is 31.1. The maximum atomic E-state index is 13.7. The number of rotatable bonds is 8. The first-order valence-electron chi connectivity index (χ1n) is 13.7. The fourth-order valence-electron chi connectivity index (χ4n) is 4.75. The summed E-state index contributed by atoms with van der Waals surface area (Å²) < 4.78 is 45.6. The van der Waals surface area contributed by atoms with Gasteiger partial charge >= 0.3 is 5.97 Å². The molecule has 0 bridgehead atoms. The van der Waals surface area contributed by atoms with Crippen molar-refractivity contribution < 1.29 is 47.5 Å². The van der Waals surface area contributed by atoms with Crippen molar-refractivity contribution in [3.63, 3.8) is 0 Å². The highest BCUT2D eigenvalue weighted by atomic mass is 16.8. The zero-order chi connectivity index (χ0) is 30.3. The van der Waals surface area contributed by atoms with E-state index in [1.54, 1.807) is 52.2 Å². The van der Waals surface area contributed by atoms with E-state index < -0.39 is 30.1 Å². The minimum Gasteiger partial charge on any atom is -0.497 e. The average Bonchev–Trinajstić information content (AvgIpc) is 3.29. The third-order valence-corrected chi connectivity index (χ3v) is 6.80. The summed E-state index contributed by atoms with van der Waals surface area (Å²) in [5, 5.41) is 0. The first-order valence-corrected chi connectivity index (χ1v) is 13.7. The molecule has 0 unspecified atom stereocenters. The molecule has 0 N–H and O–H groups in total. The zero-order valence-electron chi connectivity index (χ0n) is 24.8. The van der Waals surface area contributed by atoms with Crippen LogP contribution in [0.1, 0.15) is 55.1 Å². The van der Waals surface area contributed by atoms with E-state index in [2.05, 4.69) is 0 Å². The molecule has 10 heteroatoms. The zero-order valence-corrected chi connectivity index (χ0v) is 24.8. The SMILES string of the molecule is COCOc1cc(OC)cc2c1C(=O)O[C@@H](C)C(OCc1ccc(OC)cc1)=CCC(=O)[C@H]1OC(C)(C)O[C@H]1CC=C2. The summed E-state index contributed by atoms with van der Waals surface area (Å²) >= 11 is 0. The van der Waals surface area contributed by atoms with Crippen LogP contribution < -0.4 is 14.2 Å². The van der Waals surface area contributed by atoms with Crippen LogP contribution in [0.2, 0.25) is 0 Å². The minimum absolute atomic E-state index is 0.000142. The summed E-state index contributed by atoms with van der Waals surface area (Å²) in [6.07, 6.45) is 3.43. The molecule has 0 amide bonds. The summed E-state index contributed by atoms with van der Waals surface area (Å²) in [6.45, 7) is 5.33. The number of benzene rings is 2. The van der Waals surface area contributed by atoms with Crippen molar-refractivity contribution in [2.24, 2.45) is 0 Å². The Morgan fingerprint density at radius 2 is 1.69 bits per heavy atom. The number of cyclic esters (lactones) is 1. The minimum atomic E-state index is -0.932. The topological polar surface area (TPSA) is 108 Å². The number of ketones is 1. The van der Waals surface area contributed by atoms with Gasteiger partial charge in [-0.3, -0.25) is 4.79 Å². The van der Waals surface area contributed by atoms with Crippen LogP contribution in [0.5, 0.6) is 17.2 Å². The van der Waals surface area contributed by atoms with Gasteiger partial charge in [-0.15, -0.1) is 0 Å².